The first-order valence-electron chi connectivity index (χ1n) is 8.31. The third-order valence-corrected chi connectivity index (χ3v) is 4.45. The summed E-state index contributed by atoms with van der Waals surface area (Å²) in [4.78, 5) is 34.4. The predicted octanol–water partition coefficient (Wildman–Crippen LogP) is 2.04. The number of aromatic nitrogens is 2. The SMILES string of the molecule is COc1ccc(NC(=O)C2CCN(c3cnccn3)CC2)c(C(=O)O)c1. The van der Waals surface area contributed by atoms with Crippen LogP contribution in [-0.2, 0) is 4.79 Å². The third kappa shape index (κ3) is 3.90. The Morgan fingerprint density at radius 2 is 2.04 bits per heavy atom. The molecule has 0 spiro atoms. The number of carboxylic acid groups (broad SMARTS) is 1. The Morgan fingerprint density at radius 1 is 1.27 bits per heavy atom. The molecule has 1 aliphatic heterocycles. The second kappa shape index (κ2) is 7.81. The van der Waals surface area contributed by atoms with Gasteiger partial charge in [-0.15, -0.1) is 0 Å². The van der Waals surface area contributed by atoms with Gasteiger partial charge >= 0.3 is 5.97 Å². The van der Waals surface area contributed by atoms with Crippen LogP contribution < -0.4 is 15.0 Å². The second-order valence-electron chi connectivity index (χ2n) is 6.03. The van der Waals surface area contributed by atoms with Crippen molar-refractivity contribution < 1.29 is 19.4 Å². The lowest BCUT2D eigenvalue weighted by atomic mass is 9.95. The van der Waals surface area contributed by atoms with Crippen molar-refractivity contribution in [3.8, 4) is 5.75 Å². The van der Waals surface area contributed by atoms with Crippen LogP contribution in [0, 0.1) is 5.92 Å². The molecule has 1 aromatic heterocycles. The van der Waals surface area contributed by atoms with E-state index >= 15 is 0 Å². The van der Waals surface area contributed by atoms with E-state index in [0.29, 0.717) is 31.7 Å². The lowest BCUT2D eigenvalue weighted by Crippen LogP contribution is -2.38. The van der Waals surface area contributed by atoms with Crippen LogP contribution in [0.5, 0.6) is 5.75 Å². The third-order valence-electron chi connectivity index (χ3n) is 4.45. The van der Waals surface area contributed by atoms with E-state index in [1.165, 1.54) is 13.2 Å². The van der Waals surface area contributed by atoms with Crippen LogP contribution in [-0.4, -0.2) is 47.2 Å². The van der Waals surface area contributed by atoms with Crippen LogP contribution in [0.25, 0.3) is 0 Å². The average molecular weight is 356 g/mol. The first kappa shape index (κ1) is 17.7. The number of anilines is 2. The van der Waals surface area contributed by atoms with Crippen LogP contribution >= 0.6 is 0 Å². The number of aromatic carboxylic acids is 1. The van der Waals surface area contributed by atoms with Crippen LogP contribution in [0.3, 0.4) is 0 Å². The molecule has 2 N–H and O–H groups in total. The van der Waals surface area contributed by atoms with Crippen LogP contribution in [0.4, 0.5) is 11.5 Å². The summed E-state index contributed by atoms with van der Waals surface area (Å²) in [7, 11) is 1.46. The molecule has 0 atom stereocenters. The summed E-state index contributed by atoms with van der Waals surface area (Å²) in [5.74, 6) is -0.229. The van der Waals surface area contributed by atoms with Crippen LogP contribution in [0.2, 0.25) is 0 Å². The minimum Gasteiger partial charge on any atom is -0.497 e. The quantitative estimate of drug-likeness (QED) is 0.844. The van der Waals surface area contributed by atoms with Crippen molar-refractivity contribution in [1.82, 2.24) is 9.97 Å². The molecule has 1 fully saturated rings. The zero-order chi connectivity index (χ0) is 18.5. The van der Waals surface area contributed by atoms with Gasteiger partial charge in [0, 0.05) is 31.4 Å². The Kier molecular flexibility index (Phi) is 5.31. The summed E-state index contributed by atoms with van der Waals surface area (Å²) in [5.41, 5.74) is 0.286. The molecule has 0 saturated carbocycles. The number of nitrogens with one attached hydrogen (secondary N) is 1. The standard InChI is InChI=1S/C18H20N4O4/c1-26-13-2-3-15(14(10-13)18(24)25)21-17(23)12-4-8-22(9-5-12)16-11-19-6-7-20-16/h2-3,6-7,10-12H,4-5,8-9H2,1H3,(H,21,23)(H,24,25). The fourth-order valence-corrected chi connectivity index (χ4v) is 3.00. The topological polar surface area (TPSA) is 105 Å². The van der Waals surface area contributed by atoms with E-state index in [0.717, 1.165) is 5.82 Å². The number of rotatable bonds is 5. The molecule has 0 unspecified atom stereocenters. The van der Waals surface area contributed by atoms with Crippen LogP contribution in [0.15, 0.2) is 36.8 Å². The van der Waals surface area contributed by atoms with Gasteiger partial charge in [0.05, 0.1) is 24.6 Å². The summed E-state index contributed by atoms with van der Waals surface area (Å²) < 4.78 is 5.04. The molecule has 2 aromatic rings. The second-order valence-corrected chi connectivity index (χ2v) is 6.03. The largest absolute Gasteiger partial charge is 0.497 e. The molecule has 1 aromatic carbocycles. The maximum absolute atomic E-state index is 12.6. The number of carbonyl (C=O) groups is 2. The highest BCUT2D eigenvalue weighted by Gasteiger charge is 2.26. The van der Waals surface area contributed by atoms with E-state index in [1.807, 2.05) is 0 Å². The minimum atomic E-state index is -1.11. The zero-order valence-corrected chi connectivity index (χ0v) is 14.4. The molecule has 2 heterocycles. The highest BCUT2D eigenvalue weighted by Crippen LogP contribution is 2.26. The van der Waals surface area contributed by atoms with Gasteiger partial charge in [0.2, 0.25) is 5.91 Å². The van der Waals surface area contributed by atoms with E-state index in [9.17, 15) is 14.7 Å². The monoisotopic (exact) mass is 356 g/mol. The first-order chi connectivity index (χ1) is 12.6. The molecule has 1 saturated heterocycles. The van der Waals surface area contributed by atoms with E-state index < -0.39 is 5.97 Å². The fraction of sp³-hybridized carbons (Fsp3) is 0.333. The first-order valence-corrected chi connectivity index (χ1v) is 8.31. The summed E-state index contributed by atoms with van der Waals surface area (Å²) in [5, 5.41) is 12.1. The highest BCUT2D eigenvalue weighted by molar-refractivity contribution is 6.01. The number of amides is 1. The number of carboxylic acids is 1. The molecule has 0 bridgehead atoms. The Hall–Kier alpha value is -3.16. The van der Waals surface area contributed by atoms with Crippen molar-refractivity contribution in [3.63, 3.8) is 0 Å². The molecule has 8 nitrogen and oxygen atoms in total. The number of hydrogen-bond donors (Lipinski definition) is 2. The van der Waals surface area contributed by atoms with Crippen molar-refractivity contribution in [1.29, 1.82) is 0 Å². The number of carbonyl (C=O) groups excluding carboxylic acids is 1. The van der Waals surface area contributed by atoms with Crippen molar-refractivity contribution in [2.24, 2.45) is 5.92 Å². The Balaban J connectivity index is 1.64. The van der Waals surface area contributed by atoms with Gasteiger partial charge in [-0.05, 0) is 31.0 Å². The van der Waals surface area contributed by atoms with Gasteiger partial charge in [-0.1, -0.05) is 0 Å². The summed E-state index contributed by atoms with van der Waals surface area (Å²) in [6, 6.07) is 4.57. The van der Waals surface area contributed by atoms with Gasteiger partial charge < -0.3 is 20.1 Å². The van der Waals surface area contributed by atoms with Gasteiger partial charge in [-0.25, -0.2) is 9.78 Å². The van der Waals surface area contributed by atoms with E-state index in [1.54, 1.807) is 30.7 Å². The van der Waals surface area contributed by atoms with Crippen molar-refractivity contribution in [2.75, 3.05) is 30.4 Å². The highest BCUT2D eigenvalue weighted by atomic mass is 16.5. The van der Waals surface area contributed by atoms with Gasteiger partial charge in [0.15, 0.2) is 0 Å². The smallest absolute Gasteiger partial charge is 0.337 e. The number of benzene rings is 1. The lowest BCUT2D eigenvalue weighted by molar-refractivity contribution is -0.120. The molecule has 1 aliphatic rings. The number of methoxy groups -OCH3 is 1. The molecule has 26 heavy (non-hydrogen) atoms. The Morgan fingerprint density at radius 3 is 2.65 bits per heavy atom. The molecule has 0 aliphatic carbocycles. The molecule has 3 rings (SSSR count). The number of piperidine rings is 1. The summed E-state index contributed by atoms with van der Waals surface area (Å²) in [6.07, 6.45) is 6.31. The molecule has 0 radical (unpaired) electrons. The van der Waals surface area contributed by atoms with E-state index in [2.05, 4.69) is 20.2 Å². The number of nitrogens with zero attached hydrogens (tertiary/aromatic N) is 3. The average Bonchev–Trinajstić information content (AvgIpc) is 2.69. The number of ether oxygens (including phenoxy) is 1. The van der Waals surface area contributed by atoms with Gasteiger partial charge in [0.1, 0.15) is 11.6 Å². The van der Waals surface area contributed by atoms with Gasteiger partial charge in [-0.3, -0.25) is 9.78 Å². The zero-order valence-electron chi connectivity index (χ0n) is 14.4. The Labute approximate surface area is 150 Å². The molecule has 8 heteroatoms. The van der Waals surface area contributed by atoms with Crippen LogP contribution in [0.1, 0.15) is 23.2 Å². The van der Waals surface area contributed by atoms with Crippen molar-refractivity contribution in [2.45, 2.75) is 12.8 Å². The minimum absolute atomic E-state index is 0.00898. The lowest BCUT2D eigenvalue weighted by Gasteiger charge is -2.31. The van der Waals surface area contributed by atoms with Gasteiger partial charge in [-0.2, -0.15) is 0 Å². The molecule has 136 valence electrons. The molecular weight excluding hydrogens is 336 g/mol. The van der Waals surface area contributed by atoms with Crippen molar-refractivity contribution >= 4 is 23.4 Å². The van der Waals surface area contributed by atoms with Gasteiger partial charge in [0.25, 0.3) is 0 Å². The molecular formula is C18H20N4O4. The predicted molar refractivity (Wildman–Crippen MR) is 95.6 cm³/mol. The van der Waals surface area contributed by atoms with E-state index in [-0.39, 0.29) is 23.1 Å². The fourth-order valence-electron chi connectivity index (χ4n) is 3.00. The number of hydrogen-bond acceptors (Lipinski definition) is 6. The molecule has 1 amide bonds. The normalized spacial score (nSPS) is 14.7. The summed E-state index contributed by atoms with van der Waals surface area (Å²) >= 11 is 0. The maximum atomic E-state index is 12.6. The van der Waals surface area contributed by atoms with Crippen molar-refractivity contribution in [3.05, 3.63) is 42.4 Å². The summed E-state index contributed by atoms with van der Waals surface area (Å²) in [6.45, 7) is 1.40. The Bertz CT molecular complexity index is 789. The van der Waals surface area contributed by atoms with E-state index in [4.69, 9.17) is 4.74 Å². The maximum Gasteiger partial charge on any atom is 0.337 e.